The number of epoxide rings is 1. The third kappa shape index (κ3) is 2.74. The van der Waals surface area contributed by atoms with Crippen molar-refractivity contribution in [2.24, 2.45) is 52.8 Å². The van der Waals surface area contributed by atoms with E-state index in [2.05, 4.69) is 20.8 Å². The highest BCUT2D eigenvalue weighted by Gasteiger charge is 2.59. The van der Waals surface area contributed by atoms with E-state index >= 15 is 0 Å². The summed E-state index contributed by atoms with van der Waals surface area (Å²) in [6, 6.07) is 0. The van der Waals surface area contributed by atoms with Crippen molar-refractivity contribution in [1.82, 2.24) is 0 Å². The molecule has 1 nitrogen and oxygen atoms in total. The topological polar surface area (TPSA) is 12.5 Å². The highest BCUT2D eigenvalue weighted by molar-refractivity contribution is 5.08. The van der Waals surface area contributed by atoms with E-state index in [1.165, 1.54) is 25.7 Å². The summed E-state index contributed by atoms with van der Waals surface area (Å²) in [5, 5.41) is 0. The lowest BCUT2D eigenvalue weighted by molar-refractivity contribution is -0.0699. The fourth-order valence-electron chi connectivity index (χ4n) is 8.78. The predicted molar refractivity (Wildman–Crippen MR) is 103 cm³/mol. The quantitative estimate of drug-likeness (QED) is 0.546. The standard InChI is InChI=1S/C24H40O/c1-4-16-5-7-19-17(12-16)6-8-21-20(19)9-10-24(3)22(13-18-14-25-18)15(2)11-23(21)24/h15-23H,4-14H2,1-3H3/t15-,16+,17-,18?,19?,20?,21-,22?,23?,24-/m1/s1. The zero-order valence-electron chi connectivity index (χ0n) is 16.9. The highest BCUT2D eigenvalue weighted by atomic mass is 16.6. The summed E-state index contributed by atoms with van der Waals surface area (Å²) in [5.74, 6) is 8.34. The van der Waals surface area contributed by atoms with Crippen molar-refractivity contribution in [2.75, 3.05) is 6.61 Å². The SMILES string of the molecule is CC[C@H]1CCC2C3CC[C@@]4(C)C(C[C@@H](C)C4CC4CO4)[C@@H]3CC[C@@H]2C1. The number of rotatable bonds is 3. The molecular formula is C24H40O. The summed E-state index contributed by atoms with van der Waals surface area (Å²) in [5.41, 5.74) is 0.639. The molecule has 0 radical (unpaired) electrons. The molecule has 5 fully saturated rings. The van der Waals surface area contributed by atoms with E-state index in [9.17, 15) is 0 Å². The average Bonchev–Trinajstić information content (AvgIpc) is 3.41. The van der Waals surface area contributed by atoms with Crippen LogP contribution < -0.4 is 0 Å². The molecule has 0 aromatic heterocycles. The summed E-state index contributed by atoms with van der Waals surface area (Å²) < 4.78 is 5.64. The summed E-state index contributed by atoms with van der Waals surface area (Å²) in [6.07, 6.45) is 15.9. The Morgan fingerprint density at radius 2 is 1.76 bits per heavy atom. The van der Waals surface area contributed by atoms with Crippen LogP contribution in [-0.4, -0.2) is 12.7 Å². The molecule has 5 rings (SSSR count). The first-order valence-electron chi connectivity index (χ1n) is 11.7. The van der Waals surface area contributed by atoms with Gasteiger partial charge in [-0.1, -0.05) is 33.6 Å². The Balaban J connectivity index is 1.34. The maximum Gasteiger partial charge on any atom is 0.0812 e. The Morgan fingerprint density at radius 3 is 2.52 bits per heavy atom. The number of fused-ring (bicyclic) bond motifs is 5. The molecule has 1 aliphatic heterocycles. The second-order valence-corrected chi connectivity index (χ2v) is 11.1. The second kappa shape index (κ2) is 6.25. The monoisotopic (exact) mass is 344 g/mol. The van der Waals surface area contributed by atoms with E-state index in [0.29, 0.717) is 11.5 Å². The molecule has 0 bridgehead atoms. The van der Waals surface area contributed by atoms with Gasteiger partial charge in [-0.15, -0.1) is 0 Å². The van der Waals surface area contributed by atoms with Crippen molar-refractivity contribution in [3.8, 4) is 0 Å². The Labute approximate surface area is 155 Å². The van der Waals surface area contributed by atoms with Gasteiger partial charge in [0, 0.05) is 0 Å². The maximum atomic E-state index is 5.64. The van der Waals surface area contributed by atoms with E-state index in [1.54, 1.807) is 38.5 Å². The molecule has 10 atom stereocenters. The molecule has 4 saturated carbocycles. The molecule has 0 amide bonds. The van der Waals surface area contributed by atoms with Crippen molar-refractivity contribution in [3.05, 3.63) is 0 Å². The summed E-state index contributed by atoms with van der Waals surface area (Å²) >= 11 is 0. The van der Waals surface area contributed by atoms with Crippen molar-refractivity contribution < 1.29 is 4.74 Å². The molecule has 0 aromatic rings. The van der Waals surface area contributed by atoms with Crippen LogP contribution in [-0.2, 0) is 4.74 Å². The molecule has 1 heterocycles. The van der Waals surface area contributed by atoms with E-state index in [0.717, 1.165) is 54.0 Å². The van der Waals surface area contributed by atoms with Crippen molar-refractivity contribution in [2.45, 2.75) is 91.1 Å². The van der Waals surface area contributed by atoms with Gasteiger partial charge in [0.15, 0.2) is 0 Å². The van der Waals surface area contributed by atoms with Crippen LogP contribution in [0.25, 0.3) is 0 Å². The van der Waals surface area contributed by atoms with Crippen molar-refractivity contribution in [1.29, 1.82) is 0 Å². The van der Waals surface area contributed by atoms with Gasteiger partial charge in [0.05, 0.1) is 12.7 Å². The van der Waals surface area contributed by atoms with Crippen LogP contribution in [0.5, 0.6) is 0 Å². The minimum atomic E-state index is 0.626. The minimum Gasteiger partial charge on any atom is -0.373 e. The van der Waals surface area contributed by atoms with E-state index < -0.39 is 0 Å². The van der Waals surface area contributed by atoms with Gasteiger partial charge >= 0.3 is 0 Å². The lowest BCUT2D eigenvalue weighted by atomic mass is 9.49. The predicted octanol–water partition coefficient (Wildman–Crippen LogP) is 6.32. The number of hydrogen-bond donors (Lipinski definition) is 0. The molecule has 0 spiro atoms. The van der Waals surface area contributed by atoms with Crippen LogP contribution in [0.1, 0.15) is 85.0 Å². The normalized spacial score (nSPS) is 57.5. The maximum absolute atomic E-state index is 5.64. The van der Waals surface area contributed by atoms with Gasteiger partial charge in [-0.25, -0.2) is 0 Å². The number of hydrogen-bond acceptors (Lipinski definition) is 1. The van der Waals surface area contributed by atoms with Crippen molar-refractivity contribution >= 4 is 0 Å². The summed E-state index contributed by atoms with van der Waals surface area (Å²) in [6.45, 7) is 8.75. The molecule has 1 saturated heterocycles. The highest BCUT2D eigenvalue weighted by Crippen LogP contribution is 2.66. The van der Waals surface area contributed by atoms with Gasteiger partial charge < -0.3 is 4.74 Å². The van der Waals surface area contributed by atoms with Crippen LogP contribution in [0.4, 0.5) is 0 Å². The van der Waals surface area contributed by atoms with Gasteiger partial charge in [0.1, 0.15) is 0 Å². The minimum absolute atomic E-state index is 0.626. The first kappa shape index (κ1) is 17.1. The van der Waals surface area contributed by atoms with Crippen LogP contribution in [0, 0.1) is 52.8 Å². The fourth-order valence-corrected chi connectivity index (χ4v) is 8.78. The molecule has 25 heavy (non-hydrogen) atoms. The summed E-state index contributed by atoms with van der Waals surface area (Å²) in [4.78, 5) is 0. The largest absolute Gasteiger partial charge is 0.373 e. The third-order valence-corrected chi connectivity index (χ3v) is 10.2. The summed E-state index contributed by atoms with van der Waals surface area (Å²) in [7, 11) is 0. The molecule has 0 N–H and O–H groups in total. The molecule has 5 unspecified atom stereocenters. The van der Waals surface area contributed by atoms with Crippen LogP contribution in [0.3, 0.4) is 0 Å². The molecule has 4 aliphatic carbocycles. The van der Waals surface area contributed by atoms with E-state index in [-0.39, 0.29) is 0 Å². The van der Waals surface area contributed by atoms with Gasteiger partial charge in [-0.2, -0.15) is 0 Å². The van der Waals surface area contributed by atoms with Gasteiger partial charge in [-0.05, 0) is 104 Å². The van der Waals surface area contributed by atoms with Crippen LogP contribution >= 0.6 is 0 Å². The first-order chi connectivity index (χ1) is 12.1. The Kier molecular flexibility index (Phi) is 4.27. The third-order valence-electron chi connectivity index (χ3n) is 10.2. The second-order valence-electron chi connectivity index (χ2n) is 11.1. The van der Waals surface area contributed by atoms with Gasteiger partial charge in [0.25, 0.3) is 0 Å². The Hall–Kier alpha value is -0.0400. The van der Waals surface area contributed by atoms with E-state index in [1.807, 2.05) is 0 Å². The molecule has 5 aliphatic rings. The van der Waals surface area contributed by atoms with E-state index in [4.69, 9.17) is 4.74 Å². The smallest absolute Gasteiger partial charge is 0.0812 e. The molecular weight excluding hydrogens is 304 g/mol. The zero-order valence-corrected chi connectivity index (χ0v) is 16.9. The van der Waals surface area contributed by atoms with Crippen LogP contribution in [0.2, 0.25) is 0 Å². The average molecular weight is 345 g/mol. The van der Waals surface area contributed by atoms with Gasteiger partial charge in [0.2, 0.25) is 0 Å². The fraction of sp³-hybridized carbons (Fsp3) is 1.00. The van der Waals surface area contributed by atoms with Crippen LogP contribution in [0.15, 0.2) is 0 Å². The Morgan fingerprint density at radius 1 is 0.960 bits per heavy atom. The number of ether oxygens (including phenoxy) is 1. The Bertz CT molecular complexity index is 496. The van der Waals surface area contributed by atoms with Gasteiger partial charge in [-0.3, -0.25) is 0 Å². The zero-order chi connectivity index (χ0) is 17.2. The molecule has 0 aromatic carbocycles. The first-order valence-corrected chi connectivity index (χ1v) is 11.7. The molecule has 1 heteroatoms. The lowest BCUT2D eigenvalue weighted by Crippen LogP contribution is -2.48. The molecule has 142 valence electrons. The van der Waals surface area contributed by atoms with Crippen molar-refractivity contribution in [3.63, 3.8) is 0 Å². The lowest BCUT2D eigenvalue weighted by Gasteiger charge is -2.56.